The van der Waals surface area contributed by atoms with Crippen molar-refractivity contribution < 1.29 is 9.59 Å². The molecule has 0 aliphatic carbocycles. The van der Waals surface area contributed by atoms with E-state index >= 15 is 0 Å². The normalized spacial score (nSPS) is 10.5. The van der Waals surface area contributed by atoms with Crippen LogP contribution in [-0.4, -0.2) is 33.9 Å². The maximum atomic E-state index is 12.6. The van der Waals surface area contributed by atoms with E-state index in [2.05, 4.69) is 20.9 Å². The number of halogens is 2. The van der Waals surface area contributed by atoms with Crippen LogP contribution in [0.25, 0.3) is 5.69 Å². The van der Waals surface area contributed by atoms with Gasteiger partial charge in [0.1, 0.15) is 0 Å². The molecule has 0 fully saturated rings. The van der Waals surface area contributed by atoms with E-state index in [0.717, 1.165) is 0 Å². The van der Waals surface area contributed by atoms with Gasteiger partial charge < -0.3 is 10.6 Å². The lowest BCUT2D eigenvalue weighted by atomic mass is 10.2. The molecule has 0 atom stereocenters. The molecule has 2 amide bonds. The summed E-state index contributed by atoms with van der Waals surface area (Å²) >= 11 is 12.0. The van der Waals surface area contributed by atoms with Gasteiger partial charge in [-0.15, -0.1) is 5.10 Å². The van der Waals surface area contributed by atoms with E-state index in [1.54, 1.807) is 31.2 Å². The van der Waals surface area contributed by atoms with Crippen LogP contribution in [-0.2, 0) is 0 Å². The fraction of sp³-hybridized carbons (Fsp3) is 0.111. The van der Waals surface area contributed by atoms with E-state index in [1.807, 2.05) is 6.07 Å². The summed E-state index contributed by atoms with van der Waals surface area (Å²) in [5.74, 6) is -0.801. The zero-order valence-corrected chi connectivity index (χ0v) is 16.0. The Kier molecular flexibility index (Phi) is 5.43. The van der Waals surface area contributed by atoms with Crippen molar-refractivity contribution in [2.24, 2.45) is 0 Å². The molecule has 2 aromatic carbocycles. The summed E-state index contributed by atoms with van der Waals surface area (Å²) < 4.78 is 1.53. The minimum Gasteiger partial charge on any atom is -0.355 e. The lowest BCUT2D eigenvalue weighted by Crippen LogP contribution is -2.19. The number of benzene rings is 2. The van der Waals surface area contributed by atoms with Crippen LogP contribution >= 0.6 is 23.2 Å². The number of nitrogens with one attached hydrogen (secondary N) is 2. The summed E-state index contributed by atoms with van der Waals surface area (Å²) in [7, 11) is 1.50. The van der Waals surface area contributed by atoms with E-state index in [4.69, 9.17) is 23.2 Å². The van der Waals surface area contributed by atoms with Gasteiger partial charge in [0.15, 0.2) is 5.69 Å². The Labute approximate surface area is 165 Å². The number of amides is 2. The largest absolute Gasteiger partial charge is 0.355 e. The van der Waals surface area contributed by atoms with Gasteiger partial charge in [0.05, 0.1) is 22.0 Å². The van der Waals surface area contributed by atoms with Gasteiger partial charge in [-0.3, -0.25) is 9.59 Å². The van der Waals surface area contributed by atoms with Crippen molar-refractivity contribution in [3.8, 4) is 5.69 Å². The summed E-state index contributed by atoms with van der Waals surface area (Å²) in [6.07, 6.45) is 0. The first-order chi connectivity index (χ1) is 12.9. The van der Waals surface area contributed by atoms with Gasteiger partial charge in [-0.05, 0) is 43.3 Å². The topological polar surface area (TPSA) is 88.9 Å². The van der Waals surface area contributed by atoms with Crippen molar-refractivity contribution in [2.75, 3.05) is 12.4 Å². The number of hydrogen-bond donors (Lipinski definition) is 2. The molecule has 0 unspecified atom stereocenters. The zero-order valence-electron chi connectivity index (χ0n) is 14.5. The van der Waals surface area contributed by atoms with Gasteiger partial charge in [0.2, 0.25) is 0 Å². The molecule has 7 nitrogen and oxygen atoms in total. The molecule has 3 rings (SSSR count). The van der Waals surface area contributed by atoms with Crippen molar-refractivity contribution in [3.05, 3.63) is 69.5 Å². The highest BCUT2D eigenvalue weighted by Gasteiger charge is 2.18. The van der Waals surface area contributed by atoms with Crippen LogP contribution in [0.2, 0.25) is 10.0 Å². The summed E-state index contributed by atoms with van der Waals surface area (Å²) in [6, 6.07) is 11.7. The Morgan fingerprint density at radius 2 is 1.85 bits per heavy atom. The Morgan fingerprint density at radius 3 is 2.56 bits per heavy atom. The Morgan fingerprint density at radius 1 is 1.07 bits per heavy atom. The molecule has 1 aromatic heterocycles. The molecule has 0 spiro atoms. The maximum Gasteiger partial charge on any atom is 0.278 e. The van der Waals surface area contributed by atoms with Gasteiger partial charge in [-0.1, -0.05) is 34.5 Å². The molecule has 0 saturated heterocycles. The Balaban J connectivity index is 1.87. The van der Waals surface area contributed by atoms with Crippen molar-refractivity contribution in [3.63, 3.8) is 0 Å². The number of rotatable bonds is 4. The first kappa shape index (κ1) is 18.9. The third-order valence-electron chi connectivity index (χ3n) is 3.86. The number of nitrogens with zero attached hydrogens (tertiary/aromatic N) is 3. The maximum absolute atomic E-state index is 12.6. The average molecular weight is 404 g/mol. The van der Waals surface area contributed by atoms with E-state index in [1.165, 1.54) is 23.9 Å². The number of hydrogen-bond acceptors (Lipinski definition) is 4. The predicted octanol–water partition coefficient (Wildman–Crippen LogP) is 3.49. The monoisotopic (exact) mass is 403 g/mol. The zero-order chi connectivity index (χ0) is 19.6. The van der Waals surface area contributed by atoms with Gasteiger partial charge >= 0.3 is 0 Å². The molecule has 0 aliphatic rings. The molecule has 138 valence electrons. The van der Waals surface area contributed by atoms with Gasteiger partial charge in [-0.2, -0.15) is 0 Å². The van der Waals surface area contributed by atoms with Crippen LogP contribution < -0.4 is 10.6 Å². The van der Waals surface area contributed by atoms with Gasteiger partial charge in [0.25, 0.3) is 11.8 Å². The predicted molar refractivity (Wildman–Crippen MR) is 104 cm³/mol. The van der Waals surface area contributed by atoms with Crippen molar-refractivity contribution in [1.82, 2.24) is 20.3 Å². The standard InChI is InChI=1S/C18H15Cl2N5O2/c1-10-16(23-24-25(10)13-5-3-4-11(19)8-13)18(27)22-12-6-7-15(20)14(9-12)17(26)21-2/h3-9H,1-2H3,(H,21,26)(H,22,27). The second-order valence-electron chi connectivity index (χ2n) is 5.64. The third kappa shape index (κ3) is 3.94. The van der Waals surface area contributed by atoms with Crippen LogP contribution in [0.5, 0.6) is 0 Å². The minimum atomic E-state index is -0.453. The van der Waals surface area contributed by atoms with Crippen LogP contribution in [0.4, 0.5) is 5.69 Å². The highest BCUT2D eigenvalue weighted by molar-refractivity contribution is 6.34. The van der Waals surface area contributed by atoms with E-state index in [-0.39, 0.29) is 22.2 Å². The molecule has 1 heterocycles. The van der Waals surface area contributed by atoms with E-state index < -0.39 is 5.91 Å². The highest BCUT2D eigenvalue weighted by Crippen LogP contribution is 2.22. The Bertz CT molecular complexity index is 1030. The number of carbonyl (C=O) groups excluding carboxylic acids is 2. The van der Waals surface area contributed by atoms with Crippen molar-refractivity contribution in [1.29, 1.82) is 0 Å². The van der Waals surface area contributed by atoms with Crippen LogP contribution in [0, 0.1) is 6.92 Å². The number of anilines is 1. The molecule has 0 saturated carbocycles. The molecular formula is C18H15Cl2N5O2. The van der Waals surface area contributed by atoms with Gasteiger partial charge in [0, 0.05) is 17.8 Å². The van der Waals surface area contributed by atoms with Gasteiger partial charge in [-0.25, -0.2) is 4.68 Å². The molecule has 9 heteroatoms. The summed E-state index contributed by atoms with van der Waals surface area (Å²) in [6.45, 7) is 1.73. The van der Waals surface area contributed by atoms with Crippen molar-refractivity contribution in [2.45, 2.75) is 6.92 Å². The number of aromatic nitrogens is 3. The first-order valence-electron chi connectivity index (χ1n) is 7.92. The minimum absolute atomic E-state index is 0.159. The van der Waals surface area contributed by atoms with Crippen LogP contribution in [0.3, 0.4) is 0 Å². The molecular weight excluding hydrogens is 389 g/mol. The Hall–Kier alpha value is -2.90. The van der Waals surface area contributed by atoms with E-state index in [9.17, 15) is 9.59 Å². The third-order valence-corrected chi connectivity index (χ3v) is 4.42. The second-order valence-corrected chi connectivity index (χ2v) is 6.49. The average Bonchev–Trinajstić information content (AvgIpc) is 3.04. The highest BCUT2D eigenvalue weighted by atomic mass is 35.5. The molecule has 0 radical (unpaired) electrons. The molecule has 3 aromatic rings. The summed E-state index contributed by atoms with van der Waals surface area (Å²) in [5.41, 5.74) is 2.08. The van der Waals surface area contributed by atoms with Crippen LogP contribution in [0.1, 0.15) is 26.5 Å². The first-order valence-corrected chi connectivity index (χ1v) is 8.67. The second kappa shape index (κ2) is 7.77. The smallest absolute Gasteiger partial charge is 0.278 e. The lowest BCUT2D eigenvalue weighted by molar-refractivity contribution is 0.0961. The summed E-state index contributed by atoms with van der Waals surface area (Å²) in [5, 5.41) is 14.0. The summed E-state index contributed by atoms with van der Waals surface area (Å²) in [4.78, 5) is 24.4. The fourth-order valence-electron chi connectivity index (χ4n) is 2.49. The molecule has 2 N–H and O–H groups in total. The van der Waals surface area contributed by atoms with Crippen LogP contribution in [0.15, 0.2) is 42.5 Å². The SMILES string of the molecule is CNC(=O)c1cc(NC(=O)c2nnn(-c3cccc(Cl)c3)c2C)ccc1Cl. The van der Waals surface area contributed by atoms with Crippen molar-refractivity contribution >= 4 is 40.7 Å². The quantitative estimate of drug-likeness (QED) is 0.697. The molecule has 27 heavy (non-hydrogen) atoms. The molecule has 0 bridgehead atoms. The fourth-order valence-corrected chi connectivity index (χ4v) is 2.88. The molecule has 0 aliphatic heterocycles. The van der Waals surface area contributed by atoms with E-state index in [0.29, 0.717) is 22.1 Å². The lowest BCUT2D eigenvalue weighted by Gasteiger charge is -2.08. The number of carbonyl (C=O) groups is 2.